The molecule has 0 fully saturated rings. The summed E-state index contributed by atoms with van der Waals surface area (Å²) < 4.78 is 0. The van der Waals surface area contributed by atoms with Crippen LogP contribution in [0.25, 0.3) is 0 Å². The molecule has 0 radical (unpaired) electrons. The maximum Gasteiger partial charge on any atom is 0.261 e. The number of aryl methyl sites for hydroxylation is 1. The van der Waals surface area contributed by atoms with Gasteiger partial charge in [0, 0.05) is 6.54 Å². The molecule has 0 aliphatic carbocycles. The van der Waals surface area contributed by atoms with Gasteiger partial charge in [0.2, 0.25) is 0 Å². The van der Waals surface area contributed by atoms with Crippen molar-refractivity contribution in [1.29, 1.82) is 0 Å². The van der Waals surface area contributed by atoms with Crippen LogP contribution in [0.4, 0.5) is 5.00 Å². The van der Waals surface area contributed by atoms with Crippen LogP contribution in [0, 0.1) is 6.92 Å². The third-order valence-corrected chi connectivity index (χ3v) is 4.30. The van der Waals surface area contributed by atoms with Gasteiger partial charge in [0.15, 0.2) is 0 Å². The number of hydrogen-bond acceptors (Lipinski definition) is 3. The van der Waals surface area contributed by atoms with Crippen LogP contribution in [0.15, 0.2) is 30.3 Å². The Morgan fingerprint density at radius 2 is 1.95 bits per heavy atom. The van der Waals surface area contributed by atoms with Crippen molar-refractivity contribution in [3.05, 3.63) is 51.4 Å². The predicted octanol–water partition coefficient (Wildman–Crippen LogP) is 3.71. The molecule has 4 nitrogen and oxygen atoms in total. The number of benzene rings is 1. The summed E-state index contributed by atoms with van der Waals surface area (Å²) in [4.78, 5) is 24.6. The Bertz CT molecular complexity index is 682. The molecule has 21 heavy (non-hydrogen) atoms. The van der Waals surface area contributed by atoms with Crippen molar-refractivity contribution in [2.75, 3.05) is 11.9 Å². The molecule has 1 heterocycles. The number of halogens is 1. The van der Waals surface area contributed by atoms with E-state index in [0.717, 1.165) is 5.56 Å². The summed E-state index contributed by atoms with van der Waals surface area (Å²) in [7, 11) is 0. The van der Waals surface area contributed by atoms with Crippen LogP contribution in [0.2, 0.25) is 5.02 Å². The lowest BCUT2D eigenvalue weighted by Crippen LogP contribution is -2.22. The highest BCUT2D eigenvalue weighted by molar-refractivity contribution is 7.18. The SMILES string of the molecule is CCNC(=O)c1sc(NC(=O)c2ccccc2Cl)cc1C. The Balaban J connectivity index is 2.17. The number of hydrogen-bond donors (Lipinski definition) is 2. The van der Waals surface area contributed by atoms with E-state index in [1.54, 1.807) is 30.3 Å². The van der Waals surface area contributed by atoms with E-state index in [-0.39, 0.29) is 11.8 Å². The molecule has 0 saturated carbocycles. The Kier molecular flexibility index (Phi) is 4.98. The molecule has 1 aromatic heterocycles. The van der Waals surface area contributed by atoms with E-state index in [1.807, 2.05) is 13.8 Å². The van der Waals surface area contributed by atoms with Gasteiger partial charge in [0.05, 0.1) is 20.5 Å². The first-order chi connectivity index (χ1) is 10.0. The van der Waals surface area contributed by atoms with Gasteiger partial charge in [-0.1, -0.05) is 23.7 Å². The van der Waals surface area contributed by atoms with E-state index in [1.165, 1.54) is 11.3 Å². The van der Waals surface area contributed by atoms with Crippen molar-refractivity contribution < 1.29 is 9.59 Å². The first kappa shape index (κ1) is 15.5. The molecule has 0 bridgehead atoms. The van der Waals surface area contributed by atoms with Gasteiger partial charge < -0.3 is 10.6 Å². The Labute approximate surface area is 132 Å². The van der Waals surface area contributed by atoms with Crippen LogP contribution in [0.3, 0.4) is 0 Å². The summed E-state index contributed by atoms with van der Waals surface area (Å²) in [5.41, 5.74) is 1.24. The summed E-state index contributed by atoms with van der Waals surface area (Å²) in [5, 5.41) is 6.54. The fourth-order valence-corrected chi connectivity index (χ4v) is 3.04. The van der Waals surface area contributed by atoms with Gasteiger partial charge in [-0.3, -0.25) is 9.59 Å². The average molecular weight is 323 g/mol. The van der Waals surface area contributed by atoms with Crippen LogP contribution in [-0.2, 0) is 0 Å². The Morgan fingerprint density at radius 3 is 2.62 bits per heavy atom. The van der Waals surface area contributed by atoms with E-state index >= 15 is 0 Å². The maximum absolute atomic E-state index is 12.2. The molecular formula is C15H15ClN2O2S. The van der Waals surface area contributed by atoms with Gasteiger partial charge in [-0.25, -0.2) is 0 Å². The molecule has 6 heteroatoms. The molecule has 0 atom stereocenters. The molecule has 2 rings (SSSR count). The number of carbonyl (C=O) groups excluding carboxylic acids is 2. The second-order valence-corrected chi connectivity index (χ2v) is 5.88. The lowest BCUT2D eigenvalue weighted by atomic mass is 10.2. The number of carbonyl (C=O) groups is 2. The highest BCUT2D eigenvalue weighted by Crippen LogP contribution is 2.27. The maximum atomic E-state index is 12.2. The van der Waals surface area contributed by atoms with Crippen LogP contribution in [0.1, 0.15) is 32.5 Å². The number of nitrogens with one attached hydrogen (secondary N) is 2. The van der Waals surface area contributed by atoms with Crippen molar-refractivity contribution in [3.63, 3.8) is 0 Å². The summed E-state index contributed by atoms with van der Waals surface area (Å²) in [6, 6.07) is 8.62. The minimum atomic E-state index is -0.288. The van der Waals surface area contributed by atoms with Crippen molar-refractivity contribution in [2.24, 2.45) is 0 Å². The van der Waals surface area contributed by atoms with Gasteiger partial charge in [0.25, 0.3) is 11.8 Å². The van der Waals surface area contributed by atoms with E-state index in [4.69, 9.17) is 11.6 Å². The topological polar surface area (TPSA) is 58.2 Å². The van der Waals surface area contributed by atoms with Crippen molar-refractivity contribution in [2.45, 2.75) is 13.8 Å². The molecule has 0 aliphatic heterocycles. The van der Waals surface area contributed by atoms with E-state index < -0.39 is 0 Å². The molecule has 2 aromatic rings. The minimum Gasteiger partial charge on any atom is -0.352 e. The van der Waals surface area contributed by atoms with Crippen LogP contribution in [0.5, 0.6) is 0 Å². The second kappa shape index (κ2) is 6.74. The highest BCUT2D eigenvalue weighted by atomic mass is 35.5. The monoisotopic (exact) mass is 322 g/mol. The summed E-state index contributed by atoms with van der Waals surface area (Å²) in [5.74, 6) is -0.414. The summed E-state index contributed by atoms with van der Waals surface area (Å²) in [6.07, 6.45) is 0. The largest absolute Gasteiger partial charge is 0.352 e. The molecule has 1 aromatic carbocycles. The molecule has 0 spiro atoms. The van der Waals surface area contributed by atoms with Gasteiger partial charge in [-0.05, 0) is 37.6 Å². The number of amides is 2. The van der Waals surface area contributed by atoms with E-state index in [0.29, 0.717) is 27.0 Å². The van der Waals surface area contributed by atoms with Crippen molar-refractivity contribution in [3.8, 4) is 0 Å². The van der Waals surface area contributed by atoms with Crippen LogP contribution in [-0.4, -0.2) is 18.4 Å². The lowest BCUT2D eigenvalue weighted by Gasteiger charge is -2.04. The standard InChI is InChI=1S/C15H15ClN2O2S/c1-3-17-15(20)13-9(2)8-12(21-13)18-14(19)10-6-4-5-7-11(10)16/h4-8H,3H2,1-2H3,(H,17,20)(H,18,19). The fraction of sp³-hybridized carbons (Fsp3) is 0.200. The van der Waals surface area contributed by atoms with Gasteiger partial charge in [-0.15, -0.1) is 11.3 Å². The number of rotatable bonds is 4. The quantitative estimate of drug-likeness (QED) is 0.901. The van der Waals surface area contributed by atoms with Crippen molar-refractivity contribution >= 4 is 39.8 Å². The molecule has 2 N–H and O–H groups in total. The predicted molar refractivity (Wildman–Crippen MR) is 86.5 cm³/mol. The molecule has 0 saturated heterocycles. The smallest absolute Gasteiger partial charge is 0.261 e. The van der Waals surface area contributed by atoms with Crippen LogP contribution >= 0.6 is 22.9 Å². The Hall–Kier alpha value is -1.85. The zero-order chi connectivity index (χ0) is 15.4. The zero-order valence-corrected chi connectivity index (χ0v) is 13.3. The third-order valence-electron chi connectivity index (χ3n) is 2.82. The average Bonchev–Trinajstić information content (AvgIpc) is 2.80. The summed E-state index contributed by atoms with van der Waals surface area (Å²) >= 11 is 7.24. The van der Waals surface area contributed by atoms with E-state index in [2.05, 4.69) is 10.6 Å². The summed E-state index contributed by atoms with van der Waals surface area (Å²) in [6.45, 7) is 4.27. The third kappa shape index (κ3) is 3.62. The van der Waals surface area contributed by atoms with Gasteiger partial charge >= 0.3 is 0 Å². The minimum absolute atomic E-state index is 0.127. The van der Waals surface area contributed by atoms with Gasteiger partial charge in [0.1, 0.15) is 0 Å². The fourth-order valence-electron chi connectivity index (χ4n) is 1.83. The lowest BCUT2D eigenvalue weighted by molar-refractivity contribution is 0.0958. The number of thiophene rings is 1. The first-order valence-corrected chi connectivity index (χ1v) is 7.67. The normalized spacial score (nSPS) is 10.2. The van der Waals surface area contributed by atoms with Gasteiger partial charge in [-0.2, -0.15) is 0 Å². The zero-order valence-electron chi connectivity index (χ0n) is 11.7. The van der Waals surface area contributed by atoms with Crippen LogP contribution < -0.4 is 10.6 Å². The molecule has 0 aliphatic rings. The van der Waals surface area contributed by atoms with Crippen molar-refractivity contribution in [1.82, 2.24) is 5.32 Å². The molecular weight excluding hydrogens is 308 g/mol. The molecule has 2 amide bonds. The highest BCUT2D eigenvalue weighted by Gasteiger charge is 2.15. The van der Waals surface area contributed by atoms with E-state index in [9.17, 15) is 9.59 Å². The first-order valence-electron chi connectivity index (χ1n) is 6.47. The number of anilines is 1. The second-order valence-electron chi connectivity index (χ2n) is 4.42. The Morgan fingerprint density at radius 1 is 1.24 bits per heavy atom. The molecule has 110 valence electrons. The molecule has 0 unspecified atom stereocenters.